The summed E-state index contributed by atoms with van der Waals surface area (Å²) in [5.41, 5.74) is 7.34. The van der Waals surface area contributed by atoms with Crippen LogP contribution in [-0.4, -0.2) is 9.97 Å². The van der Waals surface area contributed by atoms with Crippen LogP contribution in [0.4, 0.5) is 5.82 Å². The van der Waals surface area contributed by atoms with Crippen molar-refractivity contribution in [2.24, 2.45) is 0 Å². The van der Waals surface area contributed by atoms with Gasteiger partial charge in [-0.1, -0.05) is 12.2 Å². The molecule has 3 nitrogen and oxygen atoms in total. The summed E-state index contributed by atoms with van der Waals surface area (Å²) in [7, 11) is 0. The number of hydrogen-bond donors (Lipinski definition) is 1. The van der Waals surface area contributed by atoms with Crippen LogP contribution in [-0.2, 0) is 6.42 Å². The van der Waals surface area contributed by atoms with Gasteiger partial charge in [0.2, 0.25) is 0 Å². The van der Waals surface area contributed by atoms with Crippen molar-refractivity contribution in [3.8, 4) is 0 Å². The highest BCUT2D eigenvalue weighted by atomic mass is 14.9. The molecule has 0 aromatic carbocycles. The van der Waals surface area contributed by atoms with Crippen LogP contribution in [0.25, 0.3) is 0 Å². The van der Waals surface area contributed by atoms with Gasteiger partial charge in [0, 0.05) is 6.42 Å². The Labute approximate surface area is 66.0 Å². The average molecular weight is 149 g/mol. The average Bonchev–Trinajstić information content (AvgIpc) is 1.93. The summed E-state index contributed by atoms with van der Waals surface area (Å²) < 4.78 is 0. The Balaban J connectivity index is 2.74. The zero-order chi connectivity index (χ0) is 8.27. The summed E-state index contributed by atoms with van der Waals surface area (Å²) in [5, 5.41) is 0. The van der Waals surface area contributed by atoms with E-state index in [1.807, 2.05) is 6.92 Å². The Morgan fingerprint density at radius 2 is 2.27 bits per heavy atom. The molecule has 0 aliphatic carbocycles. The van der Waals surface area contributed by atoms with E-state index in [-0.39, 0.29) is 0 Å². The van der Waals surface area contributed by atoms with Gasteiger partial charge in [0.15, 0.2) is 0 Å². The molecule has 0 amide bonds. The first-order chi connectivity index (χ1) is 5.18. The summed E-state index contributed by atoms with van der Waals surface area (Å²) in [5.74, 6) is 0.454. The monoisotopic (exact) mass is 149 g/mol. The third-order valence-corrected chi connectivity index (χ3v) is 1.21. The van der Waals surface area contributed by atoms with E-state index in [2.05, 4.69) is 16.5 Å². The lowest BCUT2D eigenvalue weighted by Gasteiger charge is -1.97. The van der Waals surface area contributed by atoms with Gasteiger partial charge in [0.05, 0.1) is 18.1 Å². The molecule has 0 fully saturated rings. The molecular formula is C8H11N3. The zero-order valence-corrected chi connectivity index (χ0v) is 6.54. The van der Waals surface area contributed by atoms with Crippen molar-refractivity contribution in [1.82, 2.24) is 9.97 Å². The van der Waals surface area contributed by atoms with Gasteiger partial charge in [-0.25, -0.2) is 4.98 Å². The topological polar surface area (TPSA) is 51.8 Å². The first-order valence-electron chi connectivity index (χ1n) is 3.39. The molecule has 0 saturated carbocycles. The van der Waals surface area contributed by atoms with Crippen LogP contribution in [0.3, 0.4) is 0 Å². The molecule has 0 bridgehead atoms. The van der Waals surface area contributed by atoms with E-state index in [1.165, 1.54) is 0 Å². The minimum Gasteiger partial charge on any atom is -0.382 e. The Bertz CT molecular complexity index is 251. The van der Waals surface area contributed by atoms with Crippen molar-refractivity contribution >= 4 is 5.82 Å². The summed E-state index contributed by atoms with van der Waals surface area (Å²) in [6, 6.07) is 0. The summed E-state index contributed by atoms with van der Waals surface area (Å²) >= 11 is 0. The van der Waals surface area contributed by atoms with Crippen LogP contribution < -0.4 is 5.73 Å². The largest absolute Gasteiger partial charge is 0.382 e. The minimum atomic E-state index is 0.454. The fraction of sp³-hybridized carbons (Fsp3) is 0.250. The molecule has 0 atom stereocenters. The Kier molecular flexibility index (Phi) is 2.21. The molecule has 58 valence electrons. The lowest BCUT2D eigenvalue weighted by atomic mass is 10.2. The Hall–Kier alpha value is -1.38. The first-order valence-corrected chi connectivity index (χ1v) is 3.39. The minimum absolute atomic E-state index is 0.454. The highest BCUT2D eigenvalue weighted by molar-refractivity contribution is 5.23. The second-order valence-electron chi connectivity index (χ2n) is 2.57. The van der Waals surface area contributed by atoms with Crippen molar-refractivity contribution in [3.63, 3.8) is 0 Å². The maximum Gasteiger partial charge on any atom is 0.141 e. The van der Waals surface area contributed by atoms with Gasteiger partial charge in [-0.2, -0.15) is 0 Å². The summed E-state index contributed by atoms with van der Waals surface area (Å²) in [4.78, 5) is 7.98. The highest BCUT2D eigenvalue weighted by Crippen LogP contribution is 2.01. The lowest BCUT2D eigenvalue weighted by Crippen LogP contribution is -1.95. The molecule has 0 saturated heterocycles. The molecule has 3 heteroatoms. The van der Waals surface area contributed by atoms with Gasteiger partial charge >= 0.3 is 0 Å². The molecule has 0 aliphatic heterocycles. The third-order valence-electron chi connectivity index (χ3n) is 1.21. The second-order valence-corrected chi connectivity index (χ2v) is 2.57. The van der Waals surface area contributed by atoms with E-state index in [4.69, 9.17) is 5.73 Å². The van der Waals surface area contributed by atoms with E-state index in [1.54, 1.807) is 12.4 Å². The summed E-state index contributed by atoms with van der Waals surface area (Å²) in [6.45, 7) is 5.73. The maximum absolute atomic E-state index is 5.36. The smallest absolute Gasteiger partial charge is 0.141 e. The quantitative estimate of drug-likeness (QED) is 0.642. The van der Waals surface area contributed by atoms with Crippen molar-refractivity contribution in [1.29, 1.82) is 0 Å². The molecule has 1 heterocycles. The molecule has 11 heavy (non-hydrogen) atoms. The number of nitrogens with zero attached hydrogens (tertiary/aromatic N) is 2. The first kappa shape index (κ1) is 7.72. The lowest BCUT2D eigenvalue weighted by molar-refractivity contribution is 1.02. The van der Waals surface area contributed by atoms with E-state index in [0.717, 1.165) is 17.7 Å². The van der Waals surface area contributed by atoms with Crippen LogP contribution in [0, 0.1) is 0 Å². The standard InChI is InChI=1S/C8H11N3/c1-6(2)3-7-4-11-8(9)5-10-7/h4-5H,1,3H2,2H3,(H2,9,11). The van der Waals surface area contributed by atoms with Gasteiger partial charge in [-0.15, -0.1) is 0 Å². The molecular weight excluding hydrogens is 138 g/mol. The second kappa shape index (κ2) is 3.14. The van der Waals surface area contributed by atoms with Crippen LogP contribution in [0.1, 0.15) is 12.6 Å². The van der Waals surface area contributed by atoms with Crippen molar-refractivity contribution in [2.75, 3.05) is 5.73 Å². The Morgan fingerprint density at radius 3 is 2.73 bits per heavy atom. The van der Waals surface area contributed by atoms with Gasteiger partial charge in [0.25, 0.3) is 0 Å². The van der Waals surface area contributed by atoms with Crippen LogP contribution in [0.15, 0.2) is 24.5 Å². The maximum atomic E-state index is 5.36. The number of rotatable bonds is 2. The number of anilines is 1. The SMILES string of the molecule is C=C(C)Cc1cnc(N)cn1. The fourth-order valence-electron chi connectivity index (χ4n) is 0.765. The van der Waals surface area contributed by atoms with Crippen LogP contribution in [0.5, 0.6) is 0 Å². The van der Waals surface area contributed by atoms with Crippen LogP contribution >= 0.6 is 0 Å². The van der Waals surface area contributed by atoms with Crippen LogP contribution in [0.2, 0.25) is 0 Å². The molecule has 2 N–H and O–H groups in total. The summed E-state index contributed by atoms with van der Waals surface area (Å²) in [6.07, 6.45) is 4.00. The van der Waals surface area contributed by atoms with Crippen molar-refractivity contribution < 1.29 is 0 Å². The third kappa shape index (κ3) is 2.37. The molecule has 1 rings (SSSR count). The van der Waals surface area contributed by atoms with E-state index in [9.17, 15) is 0 Å². The molecule has 0 radical (unpaired) electrons. The number of hydrogen-bond acceptors (Lipinski definition) is 3. The van der Waals surface area contributed by atoms with Gasteiger partial charge in [-0.05, 0) is 6.92 Å². The predicted molar refractivity (Wildman–Crippen MR) is 45.0 cm³/mol. The molecule has 0 spiro atoms. The number of nitrogen functional groups attached to an aromatic ring is 1. The van der Waals surface area contributed by atoms with Crippen molar-refractivity contribution in [3.05, 3.63) is 30.2 Å². The number of nitrogens with two attached hydrogens (primary N) is 1. The normalized spacial score (nSPS) is 9.55. The van der Waals surface area contributed by atoms with E-state index < -0.39 is 0 Å². The predicted octanol–water partition coefficient (Wildman–Crippen LogP) is 1.18. The zero-order valence-electron chi connectivity index (χ0n) is 6.54. The van der Waals surface area contributed by atoms with E-state index >= 15 is 0 Å². The van der Waals surface area contributed by atoms with E-state index in [0.29, 0.717) is 5.82 Å². The van der Waals surface area contributed by atoms with Gasteiger partial charge in [-0.3, -0.25) is 4.98 Å². The molecule has 0 aliphatic rings. The van der Waals surface area contributed by atoms with Crippen molar-refractivity contribution in [2.45, 2.75) is 13.3 Å². The fourth-order valence-corrected chi connectivity index (χ4v) is 0.765. The highest BCUT2D eigenvalue weighted by Gasteiger charge is 1.94. The number of aromatic nitrogens is 2. The van der Waals surface area contributed by atoms with Gasteiger partial charge < -0.3 is 5.73 Å². The molecule has 0 unspecified atom stereocenters. The van der Waals surface area contributed by atoms with Gasteiger partial charge in [0.1, 0.15) is 5.82 Å². The molecule has 1 aromatic heterocycles. The molecule has 1 aromatic rings. The Morgan fingerprint density at radius 1 is 1.55 bits per heavy atom. The number of allylic oxidation sites excluding steroid dienone is 1.